The molecule has 7 heteroatoms. The van der Waals surface area contributed by atoms with Gasteiger partial charge in [-0.25, -0.2) is 4.79 Å². The first kappa shape index (κ1) is 18.9. The van der Waals surface area contributed by atoms with E-state index in [9.17, 15) is 4.79 Å². The molecule has 2 atom stereocenters. The molecule has 0 saturated carbocycles. The Morgan fingerprint density at radius 1 is 1.15 bits per heavy atom. The number of carbonyl (C=O) groups is 1. The van der Waals surface area contributed by atoms with Crippen LogP contribution in [0.3, 0.4) is 0 Å². The monoisotopic (exact) mass is 363 g/mol. The average molecular weight is 363 g/mol. The van der Waals surface area contributed by atoms with Gasteiger partial charge in [0.15, 0.2) is 0 Å². The van der Waals surface area contributed by atoms with Crippen LogP contribution in [0.15, 0.2) is 24.3 Å². The highest BCUT2D eigenvalue weighted by atomic mass is 16.5. The Kier molecular flexibility index (Phi) is 6.34. The van der Waals surface area contributed by atoms with Crippen molar-refractivity contribution < 1.29 is 19.0 Å². The summed E-state index contributed by atoms with van der Waals surface area (Å²) in [7, 11) is 1.65. The SMILES string of the molecule is COCCOC1CN(C(=O)Nc2ccccc2N2C[C@@H](C)O[C@H](C)C2)C1. The standard InChI is InChI=1S/C19H29N3O4/c1-14-10-21(11-15(2)26-14)18-7-5-4-6-17(18)20-19(23)22-12-16(13-22)25-9-8-24-3/h4-7,14-16H,8-13H2,1-3H3,(H,20,23)/t14-,15-/m1/s1. The van der Waals surface area contributed by atoms with E-state index in [1.165, 1.54) is 0 Å². The summed E-state index contributed by atoms with van der Waals surface area (Å²) < 4.78 is 16.4. The predicted octanol–water partition coefficient (Wildman–Crippen LogP) is 2.18. The number of amides is 2. The number of hydrogen-bond donors (Lipinski definition) is 1. The molecule has 7 nitrogen and oxygen atoms in total. The zero-order valence-electron chi connectivity index (χ0n) is 15.8. The van der Waals surface area contributed by atoms with Crippen LogP contribution >= 0.6 is 0 Å². The molecule has 144 valence electrons. The lowest BCUT2D eigenvalue weighted by Crippen LogP contribution is -2.56. The highest BCUT2D eigenvalue weighted by Gasteiger charge is 2.32. The summed E-state index contributed by atoms with van der Waals surface area (Å²) in [5.41, 5.74) is 1.87. The number of carbonyl (C=O) groups excluding carboxylic acids is 1. The molecule has 1 N–H and O–H groups in total. The van der Waals surface area contributed by atoms with Crippen LogP contribution in [0.25, 0.3) is 0 Å². The van der Waals surface area contributed by atoms with Crippen LogP contribution in [0.4, 0.5) is 16.2 Å². The van der Waals surface area contributed by atoms with Gasteiger partial charge in [0.25, 0.3) is 0 Å². The maximum Gasteiger partial charge on any atom is 0.322 e. The van der Waals surface area contributed by atoms with Crippen molar-refractivity contribution in [1.29, 1.82) is 0 Å². The minimum atomic E-state index is -0.0848. The fraction of sp³-hybridized carbons (Fsp3) is 0.632. The number of ether oxygens (including phenoxy) is 3. The number of rotatable bonds is 6. The number of urea groups is 1. The van der Waals surface area contributed by atoms with Gasteiger partial charge in [-0.3, -0.25) is 0 Å². The molecular weight excluding hydrogens is 334 g/mol. The summed E-state index contributed by atoms with van der Waals surface area (Å²) >= 11 is 0. The van der Waals surface area contributed by atoms with Crippen LogP contribution in [0.1, 0.15) is 13.8 Å². The first-order valence-electron chi connectivity index (χ1n) is 9.22. The van der Waals surface area contributed by atoms with E-state index in [2.05, 4.69) is 24.1 Å². The van der Waals surface area contributed by atoms with Gasteiger partial charge < -0.3 is 29.3 Å². The Labute approximate surface area is 155 Å². The third-order valence-corrected chi connectivity index (χ3v) is 4.68. The fourth-order valence-corrected chi connectivity index (χ4v) is 3.43. The van der Waals surface area contributed by atoms with E-state index < -0.39 is 0 Å². The molecule has 2 aliphatic heterocycles. The van der Waals surface area contributed by atoms with Crippen molar-refractivity contribution in [2.24, 2.45) is 0 Å². The van der Waals surface area contributed by atoms with Gasteiger partial charge in [0.05, 0.1) is 56.0 Å². The second-order valence-corrected chi connectivity index (χ2v) is 7.00. The topological polar surface area (TPSA) is 63.3 Å². The smallest absolute Gasteiger partial charge is 0.322 e. The molecule has 0 aliphatic carbocycles. The van der Waals surface area contributed by atoms with Crippen molar-refractivity contribution in [3.63, 3.8) is 0 Å². The van der Waals surface area contributed by atoms with Gasteiger partial charge in [0, 0.05) is 20.2 Å². The van der Waals surface area contributed by atoms with Gasteiger partial charge in [0.2, 0.25) is 0 Å². The summed E-state index contributed by atoms with van der Waals surface area (Å²) in [6.45, 7) is 8.15. The average Bonchev–Trinajstić information content (AvgIpc) is 2.56. The highest BCUT2D eigenvalue weighted by Crippen LogP contribution is 2.29. The van der Waals surface area contributed by atoms with Crippen LogP contribution in [0.2, 0.25) is 0 Å². The molecule has 0 spiro atoms. The molecule has 1 aromatic rings. The first-order valence-corrected chi connectivity index (χ1v) is 9.22. The normalized spacial score (nSPS) is 23.7. The number of methoxy groups -OCH3 is 1. The van der Waals surface area contributed by atoms with E-state index in [4.69, 9.17) is 14.2 Å². The van der Waals surface area contributed by atoms with E-state index in [0.29, 0.717) is 26.3 Å². The molecular formula is C19H29N3O4. The molecule has 2 aliphatic rings. The summed E-state index contributed by atoms with van der Waals surface area (Å²) in [6, 6.07) is 7.86. The van der Waals surface area contributed by atoms with Gasteiger partial charge in [0.1, 0.15) is 0 Å². The van der Waals surface area contributed by atoms with E-state index in [1.54, 1.807) is 12.0 Å². The molecule has 2 heterocycles. The van der Waals surface area contributed by atoms with Crippen LogP contribution in [0.5, 0.6) is 0 Å². The molecule has 2 amide bonds. The summed E-state index contributed by atoms with van der Waals surface area (Å²) in [5.74, 6) is 0. The van der Waals surface area contributed by atoms with Crippen molar-refractivity contribution in [3.05, 3.63) is 24.3 Å². The van der Waals surface area contributed by atoms with E-state index >= 15 is 0 Å². The van der Waals surface area contributed by atoms with Crippen molar-refractivity contribution in [2.45, 2.75) is 32.2 Å². The van der Waals surface area contributed by atoms with Crippen LogP contribution < -0.4 is 10.2 Å². The summed E-state index contributed by atoms with van der Waals surface area (Å²) in [6.07, 6.45) is 0.442. The van der Waals surface area contributed by atoms with E-state index in [-0.39, 0.29) is 24.3 Å². The first-order chi connectivity index (χ1) is 12.6. The second kappa shape index (κ2) is 8.70. The Hall–Kier alpha value is -1.83. The maximum absolute atomic E-state index is 12.5. The molecule has 0 radical (unpaired) electrons. The quantitative estimate of drug-likeness (QED) is 0.785. The number of nitrogens with one attached hydrogen (secondary N) is 1. The van der Waals surface area contributed by atoms with E-state index in [1.807, 2.05) is 24.3 Å². The highest BCUT2D eigenvalue weighted by molar-refractivity contribution is 5.93. The Balaban J connectivity index is 1.56. The lowest BCUT2D eigenvalue weighted by molar-refractivity contribution is -0.0486. The third kappa shape index (κ3) is 4.66. The Bertz CT molecular complexity index is 596. The maximum atomic E-state index is 12.5. The Morgan fingerprint density at radius 3 is 2.54 bits per heavy atom. The number of morpholine rings is 1. The van der Waals surface area contributed by atoms with Gasteiger partial charge >= 0.3 is 6.03 Å². The van der Waals surface area contributed by atoms with E-state index in [0.717, 1.165) is 24.5 Å². The number of anilines is 2. The molecule has 0 aromatic heterocycles. The van der Waals surface area contributed by atoms with Gasteiger partial charge in [-0.05, 0) is 26.0 Å². The second-order valence-electron chi connectivity index (χ2n) is 7.00. The minimum absolute atomic E-state index is 0.0848. The summed E-state index contributed by atoms with van der Waals surface area (Å²) in [5, 5.41) is 3.05. The van der Waals surface area contributed by atoms with Crippen molar-refractivity contribution in [1.82, 2.24) is 4.90 Å². The van der Waals surface area contributed by atoms with Crippen molar-refractivity contribution >= 4 is 17.4 Å². The van der Waals surface area contributed by atoms with Crippen molar-refractivity contribution in [2.75, 3.05) is 56.7 Å². The summed E-state index contributed by atoms with van der Waals surface area (Å²) in [4.78, 5) is 16.6. The molecule has 3 rings (SSSR count). The van der Waals surface area contributed by atoms with Gasteiger partial charge in [-0.15, -0.1) is 0 Å². The zero-order valence-corrected chi connectivity index (χ0v) is 15.8. The third-order valence-electron chi connectivity index (χ3n) is 4.68. The molecule has 26 heavy (non-hydrogen) atoms. The van der Waals surface area contributed by atoms with Crippen LogP contribution in [0, 0.1) is 0 Å². The minimum Gasteiger partial charge on any atom is -0.382 e. The predicted molar refractivity (Wildman–Crippen MR) is 101 cm³/mol. The number of nitrogens with zero attached hydrogens (tertiary/aromatic N) is 2. The number of likely N-dealkylation sites (tertiary alicyclic amines) is 1. The Morgan fingerprint density at radius 2 is 1.85 bits per heavy atom. The largest absolute Gasteiger partial charge is 0.382 e. The molecule has 2 fully saturated rings. The zero-order chi connectivity index (χ0) is 18.5. The molecule has 1 aromatic carbocycles. The molecule has 0 bridgehead atoms. The molecule has 2 saturated heterocycles. The van der Waals surface area contributed by atoms with Gasteiger partial charge in [-0.2, -0.15) is 0 Å². The van der Waals surface area contributed by atoms with Crippen LogP contribution in [-0.2, 0) is 14.2 Å². The molecule has 0 unspecified atom stereocenters. The van der Waals surface area contributed by atoms with Gasteiger partial charge in [-0.1, -0.05) is 12.1 Å². The van der Waals surface area contributed by atoms with Crippen LogP contribution in [-0.4, -0.2) is 75.7 Å². The lowest BCUT2D eigenvalue weighted by atomic mass is 10.1. The fourth-order valence-electron chi connectivity index (χ4n) is 3.43. The number of para-hydroxylation sites is 2. The number of benzene rings is 1. The number of hydrogen-bond acceptors (Lipinski definition) is 5. The van der Waals surface area contributed by atoms with Crippen molar-refractivity contribution in [3.8, 4) is 0 Å². The lowest BCUT2D eigenvalue weighted by Gasteiger charge is -2.40.